The van der Waals surface area contributed by atoms with Crippen LogP contribution in [-0.4, -0.2) is 37.8 Å². The molecule has 0 aliphatic carbocycles. The van der Waals surface area contributed by atoms with Crippen molar-refractivity contribution in [3.8, 4) is 5.75 Å². The van der Waals surface area contributed by atoms with E-state index in [4.69, 9.17) is 4.74 Å². The number of pyridine rings is 1. The van der Waals surface area contributed by atoms with Crippen LogP contribution >= 0.6 is 0 Å². The van der Waals surface area contributed by atoms with Gasteiger partial charge in [0.15, 0.2) is 5.82 Å². The average Bonchev–Trinajstić information content (AvgIpc) is 2.62. The van der Waals surface area contributed by atoms with Gasteiger partial charge in [-0.15, -0.1) is 6.58 Å². The highest BCUT2D eigenvalue weighted by molar-refractivity contribution is 6.04. The minimum absolute atomic E-state index is 0.184. The molecule has 0 spiro atoms. The Kier molecular flexibility index (Phi) is 4.65. The molecule has 1 aliphatic heterocycles. The molecule has 6 heteroatoms. The quantitative estimate of drug-likeness (QED) is 0.878. The zero-order chi connectivity index (χ0) is 16.9. The maximum Gasteiger partial charge on any atom is 0.326 e. The van der Waals surface area contributed by atoms with Crippen LogP contribution in [0.15, 0.2) is 55.3 Å². The number of hydrogen-bond acceptors (Lipinski definition) is 4. The van der Waals surface area contributed by atoms with Crippen LogP contribution in [-0.2, 0) is 0 Å². The molecule has 0 fully saturated rings. The topological polar surface area (TPSA) is 57.7 Å². The molecule has 2 aromatic rings. The van der Waals surface area contributed by atoms with Gasteiger partial charge in [-0.05, 0) is 24.3 Å². The second-order valence-corrected chi connectivity index (χ2v) is 5.39. The first-order valence-electron chi connectivity index (χ1n) is 7.76. The van der Waals surface area contributed by atoms with Crippen molar-refractivity contribution >= 4 is 23.2 Å². The van der Waals surface area contributed by atoms with Crippen molar-refractivity contribution in [1.82, 2.24) is 4.98 Å². The van der Waals surface area contributed by atoms with Gasteiger partial charge in [0, 0.05) is 37.6 Å². The predicted molar refractivity (Wildman–Crippen MR) is 96.0 cm³/mol. The van der Waals surface area contributed by atoms with Crippen LogP contribution in [0.2, 0.25) is 0 Å². The molecule has 24 heavy (non-hydrogen) atoms. The van der Waals surface area contributed by atoms with Gasteiger partial charge in [-0.25, -0.2) is 9.78 Å². The number of methoxy groups -OCH3 is 1. The average molecular weight is 324 g/mol. The molecular formula is C18H20N4O2. The molecule has 3 rings (SSSR count). The van der Waals surface area contributed by atoms with E-state index in [1.54, 1.807) is 24.3 Å². The van der Waals surface area contributed by atoms with Crippen molar-refractivity contribution in [2.75, 3.05) is 41.9 Å². The van der Waals surface area contributed by atoms with E-state index in [1.807, 2.05) is 36.4 Å². The number of carbonyl (C=O) groups excluding carboxylic acids is 1. The second kappa shape index (κ2) is 7.04. The lowest BCUT2D eigenvalue weighted by Crippen LogP contribution is -2.46. The highest BCUT2D eigenvalue weighted by atomic mass is 16.5. The lowest BCUT2D eigenvalue weighted by molar-refractivity contribution is 0.256. The lowest BCUT2D eigenvalue weighted by Gasteiger charge is -2.36. The molecule has 0 atom stereocenters. The van der Waals surface area contributed by atoms with Gasteiger partial charge in [-0.1, -0.05) is 12.1 Å². The van der Waals surface area contributed by atoms with Gasteiger partial charge < -0.3 is 15.0 Å². The van der Waals surface area contributed by atoms with E-state index in [0.29, 0.717) is 31.1 Å². The Morgan fingerprint density at radius 1 is 1.38 bits per heavy atom. The second-order valence-electron chi connectivity index (χ2n) is 5.39. The van der Waals surface area contributed by atoms with Crippen molar-refractivity contribution < 1.29 is 9.53 Å². The summed E-state index contributed by atoms with van der Waals surface area (Å²) in [5, 5.41) is 2.91. The fourth-order valence-corrected chi connectivity index (χ4v) is 2.73. The highest BCUT2D eigenvalue weighted by Crippen LogP contribution is 2.31. The Hall–Kier alpha value is -3.02. The van der Waals surface area contributed by atoms with Crippen LogP contribution in [0.5, 0.6) is 5.75 Å². The zero-order valence-electron chi connectivity index (χ0n) is 13.6. The van der Waals surface area contributed by atoms with E-state index >= 15 is 0 Å². The smallest absolute Gasteiger partial charge is 0.326 e. The molecule has 2 amide bonds. The summed E-state index contributed by atoms with van der Waals surface area (Å²) in [6.45, 7) is 5.78. The highest BCUT2D eigenvalue weighted by Gasteiger charge is 2.27. The molecule has 1 N–H and O–H groups in total. The molecule has 6 nitrogen and oxygen atoms in total. The van der Waals surface area contributed by atoms with E-state index in [0.717, 1.165) is 11.5 Å². The maximum absolute atomic E-state index is 12.7. The minimum atomic E-state index is -0.184. The number of benzene rings is 1. The third-order valence-electron chi connectivity index (χ3n) is 3.87. The molecule has 1 aromatic carbocycles. The standard InChI is InChI=1S/C18H20N4O2/c1-3-10-21-11-12-22(16-8-5-9-19-17(16)21)18(23)20-14-6-4-7-15(13-14)24-2/h3-9,13H,1,10-12H2,2H3,(H,20,23). The number of nitrogens with zero attached hydrogens (tertiary/aromatic N) is 3. The van der Waals surface area contributed by atoms with Crippen molar-refractivity contribution in [1.29, 1.82) is 0 Å². The van der Waals surface area contributed by atoms with Crippen molar-refractivity contribution in [3.63, 3.8) is 0 Å². The summed E-state index contributed by atoms with van der Waals surface area (Å²) < 4.78 is 5.19. The van der Waals surface area contributed by atoms with Gasteiger partial charge in [0.1, 0.15) is 5.75 Å². The Bertz CT molecular complexity index is 747. The maximum atomic E-state index is 12.7. The number of urea groups is 1. The fraction of sp³-hybridized carbons (Fsp3) is 0.222. The first kappa shape index (κ1) is 15.9. The van der Waals surface area contributed by atoms with Crippen LogP contribution in [0.25, 0.3) is 0 Å². The van der Waals surface area contributed by atoms with Crippen molar-refractivity contribution in [3.05, 3.63) is 55.3 Å². The molecule has 1 aliphatic rings. The number of rotatable bonds is 4. The van der Waals surface area contributed by atoms with Gasteiger partial charge in [0.2, 0.25) is 0 Å². The minimum Gasteiger partial charge on any atom is -0.497 e. The largest absolute Gasteiger partial charge is 0.497 e. The first-order chi connectivity index (χ1) is 11.7. The fourth-order valence-electron chi connectivity index (χ4n) is 2.73. The molecule has 0 unspecified atom stereocenters. The van der Waals surface area contributed by atoms with E-state index in [9.17, 15) is 4.79 Å². The number of hydrogen-bond donors (Lipinski definition) is 1. The summed E-state index contributed by atoms with van der Waals surface area (Å²) >= 11 is 0. The molecule has 1 aromatic heterocycles. The first-order valence-corrected chi connectivity index (χ1v) is 7.76. The van der Waals surface area contributed by atoms with Crippen LogP contribution in [0.3, 0.4) is 0 Å². The zero-order valence-corrected chi connectivity index (χ0v) is 13.6. The molecule has 0 saturated carbocycles. The van der Waals surface area contributed by atoms with Crippen molar-refractivity contribution in [2.24, 2.45) is 0 Å². The third kappa shape index (κ3) is 3.17. The summed E-state index contributed by atoms with van der Waals surface area (Å²) in [5.74, 6) is 1.50. The number of nitrogens with one attached hydrogen (secondary N) is 1. The van der Waals surface area contributed by atoms with Crippen molar-refractivity contribution in [2.45, 2.75) is 0 Å². The summed E-state index contributed by atoms with van der Waals surface area (Å²) in [4.78, 5) is 20.9. The normalized spacial score (nSPS) is 13.2. The Balaban J connectivity index is 1.82. The number of anilines is 3. The van der Waals surface area contributed by atoms with Crippen LogP contribution in [0, 0.1) is 0 Å². The van der Waals surface area contributed by atoms with E-state index < -0.39 is 0 Å². The van der Waals surface area contributed by atoms with Gasteiger partial charge in [0.25, 0.3) is 0 Å². The molecule has 0 saturated heterocycles. The number of fused-ring (bicyclic) bond motifs is 1. The Morgan fingerprint density at radius 2 is 2.25 bits per heavy atom. The van der Waals surface area contributed by atoms with Crippen LogP contribution < -0.4 is 19.9 Å². The molecule has 2 heterocycles. The van der Waals surface area contributed by atoms with Crippen LogP contribution in [0.4, 0.5) is 22.0 Å². The van der Waals surface area contributed by atoms with Crippen LogP contribution in [0.1, 0.15) is 0 Å². The van der Waals surface area contributed by atoms with E-state index in [1.165, 1.54) is 0 Å². The number of amides is 2. The van der Waals surface area contributed by atoms with Gasteiger partial charge in [-0.3, -0.25) is 4.90 Å². The van der Waals surface area contributed by atoms with Gasteiger partial charge >= 0.3 is 6.03 Å². The summed E-state index contributed by atoms with van der Waals surface area (Å²) in [5.41, 5.74) is 1.49. The summed E-state index contributed by atoms with van der Waals surface area (Å²) in [6, 6.07) is 10.9. The Labute approximate surface area is 141 Å². The summed E-state index contributed by atoms with van der Waals surface area (Å²) in [6.07, 6.45) is 3.57. The SMILES string of the molecule is C=CCN1CCN(C(=O)Nc2cccc(OC)c2)c2cccnc21. The summed E-state index contributed by atoms with van der Waals surface area (Å²) in [7, 11) is 1.60. The molecular weight excluding hydrogens is 304 g/mol. The number of ether oxygens (including phenoxy) is 1. The predicted octanol–water partition coefficient (Wildman–Crippen LogP) is 3.13. The Morgan fingerprint density at radius 3 is 3.04 bits per heavy atom. The van der Waals surface area contributed by atoms with Gasteiger partial charge in [-0.2, -0.15) is 0 Å². The lowest BCUT2D eigenvalue weighted by atomic mass is 10.2. The number of carbonyl (C=O) groups is 1. The molecule has 124 valence electrons. The number of aromatic nitrogens is 1. The van der Waals surface area contributed by atoms with E-state index in [-0.39, 0.29) is 6.03 Å². The molecule has 0 radical (unpaired) electrons. The monoisotopic (exact) mass is 324 g/mol. The van der Waals surface area contributed by atoms with E-state index in [2.05, 4.69) is 21.8 Å². The van der Waals surface area contributed by atoms with Gasteiger partial charge in [0.05, 0.1) is 12.8 Å². The third-order valence-corrected chi connectivity index (χ3v) is 3.87. The molecule has 0 bridgehead atoms.